The summed E-state index contributed by atoms with van der Waals surface area (Å²) in [5.74, 6) is -0.401. The molecule has 0 heterocycles. The second-order valence-corrected chi connectivity index (χ2v) is 5.03. The molecule has 23 heavy (non-hydrogen) atoms. The van der Waals surface area contributed by atoms with Crippen molar-refractivity contribution >= 4 is 12.0 Å². The van der Waals surface area contributed by atoms with Crippen LogP contribution in [-0.2, 0) is 17.9 Å². The van der Waals surface area contributed by atoms with Gasteiger partial charge in [-0.05, 0) is 16.7 Å². The van der Waals surface area contributed by atoms with E-state index < -0.39 is 18.0 Å². The standard InChI is InChI=1S/C17H19N3O3/c18-10-12-6-8-13(9-7-12)11-19-16(21)15(20-17(22)23)14-4-2-1-3-5-14/h1-9,15,20H,10-11,18H2,(H,19,21)(H,22,23)/t15-/m0/s1. The normalized spacial score (nSPS) is 11.5. The SMILES string of the molecule is NCc1ccc(CNC(=O)[C@@H](NC(=O)O)c2ccccc2)cc1. The predicted octanol–water partition coefficient (Wildman–Crippen LogP) is 1.77. The molecule has 2 amide bonds. The van der Waals surface area contributed by atoms with Gasteiger partial charge >= 0.3 is 6.09 Å². The van der Waals surface area contributed by atoms with Crippen LogP contribution in [0.1, 0.15) is 22.7 Å². The Morgan fingerprint density at radius 1 is 1.00 bits per heavy atom. The van der Waals surface area contributed by atoms with Gasteiger partial charge in [0.2, 0.25) is 5.91 Å². The largest absolute Gasteiger partial charge is 0.465 e. The van der Waals surface area contributed by atoms with Gasteiger partial charge in [-0.25, -0.2) is 4.79 Å². The minimum atomic E-state index is -1.25. The Bertz CT molecular complexity index is 657. The zero-order valence-electron chi connectivity index (χ0n) is 12.5. The number of carbonyl (C=O) groups is 2. The molecule has 0 saturated heterocycles. The third kappa shape index (κ3) is 4.82. The minimum absolute atomic E-state index is 0.314. The van der Waals surface area contributed by atoms with Gasteiger partial charge < -0.3 is 21.5 Å². The van der Waals surface area contributed by atoms with Gasteiger partial charge in [0.1, 0.15) is 6.04 Å². The van der Waals surface area contributed by atoms with Gasteiger partial charge in [-0.2, -0.15) is 0 Å². The number of hydrogen-bond acceptors (Lipinski definition) is 3. The molecule has 0 unspecified atom stereocenters. The van der Waals surface area contributed by atoms with Crippen LogP contribution >= 0.6 is 0 Å². The highest BCUT2D eigenvalue weighted by Gasteiger charge is 2.21. The van der Waals surface area contributed by atoms with E-state index in [2.05, 4.69) is 10.6 Å². The number of hydrogen-bond donors (Lipinski definition) is 4. The van der Waals surface area contributed by atoms with Crippen molar-refractivity contribution in [2.24, 2.45) is 5.73 Å². The molecule has 0 saturated carbocycles. The number of carboxylic acid groups (broad SMARTS) is 1. The summed E-state index contributed by atoms with van der Waals surface area (Å²) in [6.07, 6.45) is -1.25. The molecule has 6 heteroatoms. The molecule has 0 aliphatic rings. The smallest absolute Gasteiger partial charge is 0.405 e. The Morgan fingerprint density at radius 3 is 2.17 bits per heavy atom. The average molecular weight is 313 g/mol. The number of nitrogens with one attached hydrogen (secondary N) is 2. The molecule has 0 bridgehead atoms. The first kappa shape index (κ1) is 16.5. The molecule has 2 rings (SSSR count). The van der Waals surface area contributed by atoms with Crippen molar-refractivity contribution in [1.82, 2.24) is 10.6 Å². The zero-order valence-corrected chi connectivity index (χ0v) is 12.5. The molecule has 0 aromatic heterocycles. The average Bonchev–Trinajstić information content (AvgIpc) is 2.58. The first-order valence-corrected chi connectivity index (χ1v) is 7.20. The molecule has 5 N–H and O–H groups in total. The maximum atomic E-state index is 12.3. The van der Waals surface area contributed by atoms with E-state index in [1.165, 1.54) is 0 Å². The molecule has 0 radical (unpaired) electrons. The van der Waals surface area contributed by atoms with Crippen molar-refractivity contribution in [1.29, 1.82) is 0 Å². The van der Waals surface area contributed by atoms with Gasteiger partial charge in [0, 0.05) is 13.1 Å². The van der Waals surface area contributed by atoms with Gasteiger partial charge in [-0.1, -0.05) is 54.6 Å². The van der Waals surface area contributed by atoms with Gasteiger partial charge in [-0.15, -0.1) is 0 Å². The lowest BCUT2D eigenvalue weighted by atomic mass is 10.1. The van der Waals surface area contributed by atoms with E-state index in [-0.39, 0.29) is 0 Å². The van der Waals surface area contributed by atoms with Gasteiger partial charge in [0.25, 0.3) is 0 Å². The van der Waals surface area contributed by atoms with Crippen molar-refractivity contribution < 1.29 is 14.7 Å². The maximum Gasteiger partial charge on any atom is 0.405 e. The van der Waals surface area contributed by atoms with Crippen LogP contribution in [0.25, 0.3) is 0 Å². The van der Waals surface area contributed by atoms with Crippen LogP contribution in [0.2, 0.25) is 0 Å². The number of amides is 2. The Balaban J connectivity index is 2.03. The third-order valence-electron chi connectivity index (χ3n) is 3.39. The fourth-order valence-corrected chi connectivity index (χ4v) is 2.15. The number of rotatable bonds is 6. The Labute approximate surface area is 134 Å². The third-order valence-corrected chi connectivity index (χ3v) is 3.39. The van der Waals surface area contributed by atoms with Crippen LogP contribution < -0.4 is 16.4 Å². The van der Waals surface area contributed by atoms with E-state index in [1.54, 1.807) is 30.3 Å². The van der Waals surface area contributed by atoms with Crippen molar-refractivity contribution in [2.45, 2.75) is 19.1 Å². The van der Waals surface area contributed by atoms with Crippen LogP contribution in [0.15, 0.2) is 54.6 Å². The lowest BCUT2D eigenvalue weighted by Gasteiger charge is -2.17. The zero-order chi connectivity index (χ0) is 16.7. The summed E-state index contributed by atoms with van der Waals surface area (Å²) in [6, 6.07) is 15.3. The summed E-state index contributed by atoms with van der Waals surface area (Å²) < 4.78 is 0. The van der Waals surface area contributed by atoms with Crippen LogP contribution in [0.3, 0.4) is 0 Å². The molecule has 0 fully saturated rings. The van der Waals surface area contributed by atoms with Gasteiger partial charge in [0.05, 0.1) is 0 Å². The topological polar surface area (TPSA) is 104 Å². The lowest BCUT2D eigenvalue weighted by Crippen LogP contribution is -2.39. The first-order valence-electron chi connectivity index (χ1n) is 7.20. The molecule has 2 aromatic rings. The summed E-state index contributed by atoms with van der Waals surface area (Å²) >= 11 is 0. The Hall–Kier alpha value is -2.86. The van der Waals surface area contributed by atoms with Crippen molar-refractivity contribution in [3.05, 3.63) is 71.3 Å². The van der Waals surface area contributed by atoms with E-state index >= 15 is 0 Å². The van der Waals surface area contributed by atoms with E-state index in [0.717, 1.165) is 11.1 Å². The molecule has 2 aromatic carbocycles. The quantitative estimate of drug-likeness (QED) is 0.652. The maximum absolute atomic E-state index is 12.3. The van der Waals surface area contributed by atoms with Crippen LogP contribution in [0.5, 0.6) is 0 Å². The minimum Gasteiger partial charge on any atom is -0.465 e. The summed E-state index contributed by atoms with van der Waals surface area (Å²) in [7, 11) is 0. The van der Waals surface area contributed by atoms with Crippen molar-refractivity contribution in [3.63, 3.8) is 0 Å². The van der Waals surface area contributed by atoms with Crippen LogP contribution in [0, 0.1) is 0 Å². The summed E-state index contributed by atoms with van der Waals surface area (Å²) in [6.45, 7) is 0.777. The number of benzene rings is 2. The van der Waals surface area contributed by atoms with Crippen molar-refractivity contribution in [3.8, 4) is 0 Å². The van der Waals surface area contributed by atoms with Crippen LogP contribution in [-0.4, -0.2) is 17.1 Å². The summed E-state index contributed by atoms with van der Waals surface area (Å²) in [5, 5.41) is 13.9. The molecule has 0 spiro atoms. The molecule has 120 valence electrons. The molecule has 0 aliphatic carbocycles. The molecule has 1 atom stereocenters. The van der Waals surface area contributed by atoms with Gasteiger partial charge in [0.15, 0.2) is 0 Å². The Kier molecular flexibility index (Phi) is 5.71. The highest BCUT2D eigenvalue weighted by atomic mass is 16.4. The van der Waals surface area contributed by atoms with E-state index in [1.807, 2.05) is 24.3 Å². The number of carbonyl (C=O) groups excluding carboxylic acids is 1. The molecular formula is C17H19N3O3. The highest BCUT2D eigenvalue weighted by Crippen LogP contribution is 2.13. The van der Waals surface area contributed by atoms with E-state index in [9.17, 15) is 9.59 Å². The second kappa shape index (κ2) is 7.95. The molecular weight excluding hydrogens is 294 g/mol. The predicted molar refractivity (Wildman–Crippen MR) is 86.5 cm³/mol. The van der Waals surface area contributed by atoms with E-state index in [0.29, 0.717) is 18.7 Å². The fraction of sp³-hybridized carbons (Fsp3) is 0.176. The monoisotopic (exact) mass is 313 g/mol. The van der Waals surface area contributed by atoms with Gasteiger partial charge in [-0.3, -0.25) is 4.79 Å². The first-order chi connectivity index (χ1) is 11.1. The molecule has 0 aliphatic heterocycles. The Morgan fingerprint density at radius 2 is 1.61 bits per heavy atom. The highest BCUT2D eigenvalue weighted by molar-refractivity contribution is 5.86. The molecule has 6 nitrogen and oxygen atoms in total. The number of nitrogens with two attached hydrogens (primary N) is 1. The summed E-state index contributed by atoms with van der Waals surface area (Å²) in [5.41, 5.74) is 8.05. The van der Waals surface area contributed by atoms with Crippen molar-refractivity contribution in [2.75, 3.05) is 0 Å². The second-order valence-electron chi connectivity index (χ2n) is 5.03. The van der Waals surface area contributed by atoms with Crippen LogP contribution in [0.4, 0.5) is 4.79 Å². The summed E-state index contributed by atoms with van der Waals surface area (Å²) in [4.78, 5) is 23.2. The fourth-order valence-electron chi connectivity index (χ4n) is 2.15. The van der Waals surface area contributed by atoms with E-state index in [4.69, 9.17) is 10.8 Å². The lowest BCUT2D eigenvalue weighted by molar-refractivity contribution is -0.123.